The third-order valence-corrected chi connectivity index (χ3v) is 5.26. The number of hydrogen-bond donors (Lipinski definition) is 2. The molecule has 1 aromatic heterocycles. The molecule has 0 saturated heterocycles. The second kappa shape index (κ2) is 6.21. The molecule has 0 amide bonds. The molecule has 0 atom stereocenters. The summed E-state index contributed by atoms with van der Waals surface area (Å²) in [7, 11) is -3.71. The van der Waals surface area contributed by atoms with Gasteiger partial charge in [-0.25, -0.2) is 8.42 Å². The van der Waals surface area contributed by atoms with Gasteiger partial charge in [-0.2, -0.15) is 0 Å². The van der Waals surface area contributed by atoms with Gasteiger partial charge in [-0.15, -0.1) is 0 Å². The van der Waals surface area contributed by atoms with Crippen molar-refractivity contribution in [1.82, 2.24) is 0 Å². The number of sulfonamides is 1. The zero-order chi connectivity index (χ0) is 15.6. The molecule has 2 rings (SSSR count). The molecule has 0 saturated carbocycles. The Morgan fingerprint density at radius 3 is 2.38 bits per heavy atom. The van der Waals surface area contributed by atoms with Crippen molar-refractivity contribution >= 4 is 31.6 Å². The van der Waals surface area contributed by atoms with Crippen LogP contribution in [0.5, 0.6) is 0 Å². The minimum atomic E-state index is -3.71. The van der Waals surface area contributed by atoms with Gasteiger partial charge < -0.3 is 10.2 Å². The molecule has 21 heavy (non-hydrogen) atoms. The molecule has 0 fully saturated rings. The number of rotatable bonds is 5. The van der Waals surface area contributed by atoms with E-state index in [1.165, 1.54) is 6.07 Å². The van der Waals surface area contributed by atoms with Crippen LogP contribution in [0.3, 0.4) is 0 Å². The lowest BCUT2D eigenvalue weighted by Crippen LogP contribution is -2.12. The number of hydrogen-bond acceptors (Lipinski definition) is 4. The molecule has 1 heterocycles. The van der Waals surface area contributed by atoms with Crippen LogP contribution in [-0.2, 0) is 16.6 Å². The molecule has 0 aliphatic heterocycles. The summed E-state index contributed by atoms with van der Waals surface area (Å²) < 4.78 is 32.5. The summed E-state index contributed by atoms with van der Waals surface area (Å²) in [6.45, 7) is 4.30. The molecule has 3 N–H and O–H groups in total. The number of nitrogens with one attached hydrogen (secondary N) is 1. The standard InChI is InChI=1S/C14H17BrN2O3S/c1-9(2)10-3-5-11(6-4-10)17-21(18,19)13-7-12(8-16)20-14(13)15/h3-7,9,17H,8,16H2,1-2H3. The minimum Gasteiger partial charge on any atom is -0.452 e. The summed E-state index contributed by atoms with van der Waals surface area (Å²) in [5.74, 6) is 0.795. The normalized spacial score (nSPS) is 11.9. The molecule has 0 aliphatic rings. The fraction of sp³-hybridized carbons (Fsp3) is 0.286. The fourth-order valence-electron chi connectivity index (χ4n) is 1.83. The fourth-order valence-corrected chi connectivity index (χ4v) is 3.89. The summed E-state index contributed by atoms with van der Waals surface area (Å²) in [6.07, 6.45) is 0. The third kappa shape index (κ3) is 3.66. The van der Waals surface area contributed by atoms with Crippen molar-refractivity contribution in [2.45, 2.75) is 31.2 Å². The number of nitrogens with two attached hydrogens (primary N) is 1. The Hall–Kier alpha value is -1.31. The van der Waals surface area contributed by atoms with E-state index in [0.29, 0.717) is 17.4 Å². The van der Waals surface area contributed by atoms with Crippen LogP contribution in [0, 0.1) is 0 Å². The zero-order valence-corrected chi connectivity index (χ0v) is 14.2. The van der Waals surface area contributed by atoms with Crippen molar-refractivity contribution in [2.24, 2.45) is 5.73 Å². The predicted octanol–water partition coefficient (Wildman–Crippen LogP) is 3.43. The lowest BCUT2D eigenvalue weighted by Gasteiger charge is -2.09. The maximum absolute atomic E-state index is 12.3. The van der Waals surface area contributed by atoms with E-state index in [2.05, 4.69) is 34.5 Å². The molecule has 5 nitrogen and oxygen atoms in total. The van der Waals surface area contributed by atoms with Gasteiger partial charge in [0.15, 0.2) is 4.67 Å². The average Bonchev–Trinajstić information content (AvgIpc) is 2.81. The van der Waals surface area contributed by atoms with Crippen molar-refractivity contribution < 1.29 is 12.8 Å². The second-order valence-electron chi connectivity index (χ2n) is 4.94. The van der Waals surface area contributed by atoms with Crippen molar-refractivity contribution in [1.29, 1.82) is 0 Å². The van der Waals surface area contributed by atoms with Crippen LogP contribution in [0.1, 0.15) is 31.1 Å². The first kappa shape index (κ1) is 16.1. The van der Waals surface area contributed by atoms with Gasteiger partial charge in [-0.05, 0) is 39.5 Å². The van der Waals surface area contributed by atoms with Gasteiger partial charge >= 0.3 is 0 Å². The smallest absolute Gasteiger partial charge is 0.266 e. The molecule has 7 heteroatoms. The molecule has 114 valence electrons. The molecular formula is C14H17BrN2O3S. The Balaban J connectivity index is 2.26. The highest BCUT2D eigenvalue weighted by Gasteiger charge is 2.22. The lowest BCUT2D eigenvalue weighted by atomic mass is 10.0. The second-order valence-corrected chi connectivity index (χ2v) is 7.31. The van der Waals surface area contributed by atoms with E-state index in [9.17, 15) is 8.42 Å². The SMILES string of the molecule is CC(C)c1ccc(NS(=O)(=O)c2cc(CN)oc2Br)cc1. The number of halogens is 1. The largest absolute Gasteiger partial charge is 0.452 e. The maximum Gasteiger partial charge on any atom is 0.266 e. The molecule has 0 spiro atoms. The van der Waals surface area contributed by atoms with Crippen LogP contribution in [0.4, 0.5) is 5.69 Å². The highest BCUT2D eigenvalue weighted by Crippen LogP contribution is 2.28. The first-order chi connectivity index (χ1) is 9.83. The van der Waals surface area contributed by atoms with Crippen LogP contribution >= 0.6 is 15.9 Å². The van der Waals surface area contributed by atoms with Gasteiger partial charge in [-0.3, -0.25) is 4.72 Å². The van der Waals surface area contributed by atoms with E-state index in [1.54, 1.807) is 12.1 Å². The number of anilines is 1. The summed E-state index contributed by atoms with van der Waals surface area (Å²) in [5, 5.41) is 0. The van der Waals surface area contributed by atoms with E-state index in [1.807, 2.05) is 12.1 Å². The van der Waals surface area contributed by atoms with Gasteiger partial charge in [0, 0.05) is 11.8 Å². The first-order valence-corrected chi connectivity index (χ1v) is 8.72. The Morgan fingerprint density at radius 1 is 1.29 bits per heavy atom. The average molecular weight is 373 g/mol. The lowest BCUT2D eigenvalue weighted by molar-refractivity contribution is 0.484. The first-order valence-electron chi connectivity index (χ1n) is 6.44. The number of benzene rings is 1. The molecule has 0 bridgehead atoms. The minimum absolute atomic E-state index is 0.0379. The van der Waals surface area contributed by atoms with Gasteiger partial charge in [0.05, 0.1) is 6.54 Å². The van der Waals surface area contributed by atoms with Crippen LogP contribution in [-0.4, -0.2) is 8.42 Å². The van der Waals surface area contributed by atoms with Gasteiger partial charge in [0.25, 0.3) is 10.0 Å². The molecule has 0 aliphatic carbocycles. The topological polar surface area (TPSA) is 85.3 Å². The predicted molar refractivity (Wildman–Crippen MR) is 85.6 cm³/mol. The molecular weight excluding hydrogens is 356 g/mol. The quantitative estimate of drug-likeness (QED) is 0.841. The Kier molecular flexibility index (Phi) is 4.75. The molecule has 0 radical (unpaired) electrons. The summed E-state index contributed by atoms with van der Waals surface area (Å²) >= 11 is 3.10. The Bertz CT molecular complexity index is 721. The van der Waals surface area contributed by atoms with Crippen LogP contribution in [0.2, 0.25) is 0 Å². The van der Waals surface area contributed by atoms with Crippen LogP contribution in [0.15, 0.2) is 44.3 Å². The Morgan fingerprint density at radius 2 is 1.90 bits per heavy atom. The van der Waals surface area contributed by atoms with Crippen LogP contribution in [0.25, 0.3) is 0 Å². The van der Waals surface area contributed by atoms with Gasteiger partial charge in [0.1, 0.15) is 10.7 Å². The third-order valence-electron chi connectivity index (χ3n) is 3.03. The number of furan rings is 1. The molecule has 0 unspecified atom stereocenters. The van der Waals surface area contributed by atoms with Gasteiger partial charge in [0.2, 0.25) is 0 Å². The summed E-state index contributed by atoms with van der Waals surface area (Å²) in [5.41, 5.74) is 7.09. The molecule has 2 aromatic rings. The highest BCUT2D eigenvalue weighted by atomic mass is 79.9. The van der Waals surface area contributed by atoms with Crippen LogP contribution < -0.4 is 10.5 Å². The maximum atomic E-state index is 12.3. The van der Waals surface area contributed by atoms with Crippen molar-refractivity contribution in [3.63, 3.8) is 0 Å². The van der Waals surface area contributed by atoms with Crippen molar-refractivity contribution in [2.75, 3.05) is 4.72 Å². The summed E-state index contributed by atoms with van der Waals surface area (Å²) in [6, 6.07) is 8.70. The van der Waals surface area contributed by atoms with E-state index < -0.39 is 10.0 Å². The Labute approximate surface area is 132 Å². The van der Waals surface area contributed by atoms with E-state index in [0.717, 1.165) is 5.56 Å². The summed E-state index contributed by atoms with van der Waals surface area (Å²) in [4.78, 5) is 0.0379. The van der Waals surface area contributed by atoms with E-state index in [4.69, 9.17) is 10.2 Å². The monoisotopic (exact) mass is 372 g/mol. The van der Waals surface area contributed by atoms with E-state index in [-0.39, 0.29) is 16.1 Å². The zero-order valence-electron chi connectivity index (χ0n) is 11.8. The van der Waals surface area contributed by atoms with E-state index >= 15 is 0 Å². The molecule has 1 aromatic carbocycles. The van der Waals surface area contributed by atoms with Crippen molar-refractivity contribution in [3.05, 3.63) is 46.3 Å². The highest BCUT2D eigenvalue weighted by molar-refractivity contribution is 9.10. The van der Waals surface area contributed by atoms with Crippen molar-refractivity contribution in [3.8, 4) is 0 Å². The van der Waals surface area contributed by atoms with Gasteiger partial charge in [-0.1, -0.05) is 26.0 Å².